The summed E-state index contributed by atoms with van der Waals surface area (Å²) in [6.45, 7) is 8.91. The Bertz CT molecular complexity index is 685. The van der Waals surface area contributed by atoms with Gasteiger partial charge in [-0.2, -0.15) is 16.1 Å². The second kappa shape index (κ2) is 11.0. The number of carbonyl (C=O) groups excluding carboxylic acids is 1. The van der Waals surface area contributed by atoms with Crippen LogP contribution in [0.2, 0.25) is 0 Å². The molecule has 1 aromatic rings. The zero-order chi connectivity index (χ0) is 19.7. The van der Waals surface area contributed by atoms with Crippen molar-refractivity contribution in [2.45, 2.75) is 18.7 Å². The maximum absolute atomic E-state index is 12.5. The van der Waals surface area contributed by atoms with Crippen LogP contribution < -0.4 is 5.32 Å². The fraction of sp³-hybridized carbons (Fsp3) is 0.611. The molecule has 1 aliphatic heterocycles. The molecule has 1 fully saturated rings. The number of thioether (sulfide) groups is 1. The molecule has 1 aromatic carbocycles. The van der Waals surface area contributed by atoms with Crippen LogP contribution in [0.25, 0.3) is 0 Å². The lowest BCUT2D eigenvalue weighted by molar-refractivity contribution is -0.113. The third-order valence-corrected chi connectivity index (χ3v) is 7.37. The molecule has 0 radical (unpaired) electrons. The predicted molar refractivity (Wildman–Crippen MR) is 110 cm³/mol. The van der Waals surface area contributed by atoms with Gasteiger partial charge in [-0.05, 0) is 24.3 Å². The van der Waals surface area contributed by atoms with Crippen molar-refractivity contribution in [3.8, 4) is 0 Å². The van der Waals surface area contributed by atoms with Gasteiger partial charge in [0.1, 0.15) is 0 Å². The van der Waals surface area contributed by atoms with E-state index in [1.807, 2.05) is 13.8 Å². The summed E-state index contributed by atoms with van der Waals surface area (Å²) in [6.07, 6.45) is 0. The standard InChI is InChI=1S/C18H29N3O4S2/c1-3-21(4-2)27(23,24)17-7-5-16(6-8-17)19-18(22)15-26-14-11-20-9-12-25-13-10-20/h5-8H,3-4,9-15H2,1-2H3,(H,19,22). The monoisotopic (exact) mass is 415 g/mol. The lowest BCUT2D eigenvalue weighted by Crippen LogP contribution is -2.37. The van der Waals surface area contributed by atoms with Crippen LogP contribution in [0, 0.1) is 0 Å². The lowest BCUT2D eigenvalue weighted by Gasteiger charge is -2.26. The Hall–Kier alpha value is -1.13. The van der Waals surface area contributed by atoms with Crippen molar-refractivity contribution in [1.82, 2.24) is 9.21 Å². The average Bonchev–Trinajstić information content (AvgIpc) is 2.67. The third-order valence-electron chi connectivity index (χ3n) is 4.37. The minimum absolute atomic E-state index is 0.0821. The summed E-state index contributed by atoms with van der Waals surface area (Å²) in [6, 6.07) is 6.34. The lowest BCUT2D eigenvalue weighted by atomic mass is 10.3. The molecule has 0 bridgehead atoms. The van der Waals surface area contributed by atoms with Crippen molar-refractivity contribution in [3.63, 3.8) is 0 Å². The first-order valence-electron chi connectivity index (χ1n) is 9.25. The average molecular weight is 416 g/mol. The number of anilines is 1. The zero-order valence-corrected chi connectivity index (χ0v) is 17.7. The van der Waals surface area contributed by atoms with Gasteiger partial charge in [0.15, 0.2) is 0 Å². The van der Waals surface area contributed by atoms with Gasteiger partial charge in [0.05, 0.1) is 23.9 Å². The summed E-state index contributed by atoms with van der Waals surface area (Å²) in [5, 5.41) is 2.81. The van der Waals surface area contributed by atoms with E-state index in [9.17, 15) is 13.2 Å². The van der Waals surface area contributed by atoms with Crippen LogP contribution in [0.15, 0.2) is 29.2 Å². The first kappa shape index (κ1) is 22.2. The highest BCUT2D eigenvalue weighted by atomic mass is 32.2. The first-order chi connectivity index (χ1) is 13.0. The van der Waals surface area contributed by atoms with E-state index in [-0.39, 0.29) is 10.8 Å². The van der Waals surface area contributed by atoms with Gasteiger partial charge in [-0.25, -0.2) is 8.42 Å². The Labute approximate surface area is 166 Å². The normalized spacial score (nSPS) is 15.8. The van der Waals surface area contributed by atoms with Crippen molar-refractivity contribution >= 4 is 33.4 Å². The topological polar surface area (TPSA) is 79.0 Å². The Morgan fingerprint density at radius 2 is 1.81 bits per heavy atom. The summed E-state index contributed by atoms with van der Waals surface area (Å²) in [5.41, 5.74) is 0.604. The molecule has 1 amide bonds. The van der Waals surface area contributed by atoms with E-state index in [4.69, 9.17) is 4.74 Å². The van der Waals surface area contributed by atoms with Crippen molar-refractivity contribution in [2.75, 3.05) is 62.8 Å². The van der Waals surface area contributed by atoms with Gasteiger partial charge in [-0.3, -0.25) is 9.69 Å². The number of rotatable bonds is 10. The molecule has 152 valence electrons. The van der Waals surface area contributed by atoms with Crippen molar-refractivity contribution in [3.05, 3.63) is 24.3 Å². The predicted octanol–water partition coefficient (Wildman–Crippen LogP) is 1.72. The Morgan fingerprint density at radius 3 is 2.41 bits per heavy atom. The van der Waals surface area contributed by atoms with Gasteiger partial charge >= 0.3 is 0 Å². The summed E-state index contributed by atoms with van der Waals surface area (Å²) in [4.78, 5) is 14.6. The van der Waals surface area contributed by atoms with Crippen LogP contribution in [0.5, 0.6) is 0 Å². The van der Waals surface area contributed by atoms with Crippen molar-refractivity contribution in [2.24, 2.45) is 0 Å². The van der Waals surface area contributed by atoms with Crippen LogP contribution in [0.3, 0.4) is 0 Å². The van der Waals surface area contributed by atoms with Gasteiger partial charge in [0, 0.05) is 44.2 Å². The number of carbonyl (C=O) groups is 1. The summed E-state index contributed by atoms with van der Waals surface area (Å²) in [7, 11) is -3.47. The summed E-state index contributed by atoms with van der Waals surface area (Å²) >= 11 is 1.59. The molecule has 1 saturated heterocycles. The number of sulfonamides is 1. The molecule has 0 unspecified atom stereocenters. The van der Waals surface area contributed by atoms with E-state index in [2.05, 4.69) is 10.2 Å². The molecule has 1 aliphatic rings. The molecule has 1 heterocycles. The largest absolute Gasteiger partial charge is 0.379 e. The highest BCUT2D eigenvalue weighted by Crippen LogP contribution is 2.18. The van der Waals surface area contributed by atoms with E-state index in [1.165, 1.54) is 16.4 Å². The second-order valence-electron chi connectivity index (χ2n) is 6.17. The van der Waals surface area contributed by atoms with Crippen molar-refractivity contribution in [1.29, 1.82) is 0 Å². The molecule has 0 aromatic heterocycles. The maximum Gasteiger partial charge on any atom is 0.243 e. The Kier molecular flexibility index (Phi) is 9.04. The molecular weight excluding hydrogens is 386 g/mol. The summed E-state index contributed by atoms with van der Waals surface area (Å²) < 4.78 is 31.6. The minimum atomic E-state index is -3.47. The molecule has 0 aliphatic carbocycles. The number of hydrogen-bond acceptors (Lipinski definition) is 6. The van der Waals surface area contributed by atoms with E-state index < -0.39 is 10.0 Å². The fourth-order valence-corrected chi connectivity index (χ4v) is 5.05. The van der Waals surface area contributed by atoms with E-state index in [1.54, 1.807) is 23.9 Å². The quantitative estimate of drug-likeness (QED) is 0.586. The van der Waals surface area contributed by atoms with Gasteiger partial charge < -0.3 is 10.1 Å². The SMILES string of the molecule is CCN(CC)S(=O)(=O)c1ccc(NC(=O)CSCCN2CCOCC2)cc1. The molecule has 7 nitrogen and oxygen atoms in total. The van der Waals surface area contributed by atoms with Crippen LogP contribution in [0.4, 0.5) is 5.69 Å². The highest BCUT2D eigenvalue weighted by molar-refractivity contribution is 7.99. The Balaban J connectivity index is 1.77. The first-order valence-corrected chi connectivity index (χ1v) is 11.8. The van der Waals surface area contributed by atoms with Crippen LogP contribution in [0.1, 0.15) is 13.8 Å². The van der Waals surface area contributed by atoms with Crippen LogP contribution in [-0.4, -0.2) is 81.0 Å². The van der Waals surface area contributed by atoms with Crippen molar-refractivity contribution < 1.29 is 17.9 Å². The van der Waals surface area contributed by atoms with Crippen LogP contribution in [-0.2, 0) is 19.6 Å². The van der Waals surface area contributed by atoms with E-state index in [0.717, 1.165) is 38.6 Å². The molecule has 2 rings (SSSR count). The fourth-order valence-electron chi connectivity index (χ4n) is 2.80. The number of benzene rings is 1. The maximum atomic E-state index is 12.5. The van der Waals surface area contributed by atoms with Crippen LogP contribution >= 0.6 is 11.8 Å². The molecular formula is C18H29N3O4S2. The van der Waals surface area contributed by atoms with Gasteiger partial charge in [-0.15, -0.1) is 0 Å². The minimum Gasteiger partial charge on any atom is -0.379 e. The third kappa shape index (κ3) is 6.76. The summed E-state index contributed by atoms with van der Waals surface area (Å²) in [5.74, 6) is 1.19. The molecule has 1 N–H and O–H groups in total. The molecule has 0 saturated carbocycles. The number of hydrogen-bond donors (Lipinski definition) is 1. The van der Waals surface area contributed by atoms with Gasteiger partial charge in [0.2, 0.25) is 15.9 Å². The van der Waals surface area contributed by atoms with E-state index >= 15 is 0 Å². The molecule has 9 heteroatoms. The zero-order valence-electron chi connectivity index (χ0n) is 16.0. The smallest absolute Gasteiger partial charge is 0.243 e. The van der Waals surface area contributed by atoms with Gasteiger partial charge in [-0.1, -0.05) is 13.8 Å². The molecule has 27 heavy (non-hydrogen) atoms. The number of morpholine rings is 1. The van der Waals surface area contributed by atoms with E-state index in [0.29, 0.717) is 24.5 Å². The number of nitrogens with one attached hydrogen (secondary N) is 1. The van der Waals surface area contributed by atoms with Gasteiger partial charge in [0.25, 0.3) is 0 Å². The number of nitrogens with zero attached hydrogens (tertiary/aromatic N) is 2. The number of ether oxygens (including phenoxy) is 1. The Morgan fingerprint density at radius 1 is 1.19 bits per heavy atom. The second-order valence-corrected chi connectivity index (χ2v) is 9.21. The highest BCUT2D eigenvalue weighted by Gasteiger charge is 2.21. The molecule has 0 atom stereocenters. The molecule has 0 spiro atoms. The number of amides is 1.